The van der Waals surface area contributed by atoms with Gasteiger partial charge in [-0.2, -0.15) is 5.26 Å². The summed E-state index contributed by atoms with van der Waals surface area (Å²) in [4.78, 5) is 21.8. The lowest BCUT2D eigenvalue weighted by Crippen LogP contribution is -2.28. The molecular formula is C24H25N5O3. The van der Waals surface area contributed by atoms with Crippen LogP contribution in [0.4, 0.5) is 5.95 Å². The SMILES string of the molecule is N#CCc1cccc(C(CO)n2ccc(-c3ccnc(NC4CCOCC4)n3)cc2=O)c1. The number of nitriles is 1. The number of aliphatic hydroxyl groups is 1. The summed E-state index contributed by atoms with van der Waals surface area (Å²) < 4.78 is 6.88. The Hall–Kier alpha value is -3.54. The molecule has 8 nitrogen and oxygen atoms in total. The van der Waals surface area contributed by atoms with E-state index in [4.69, 9.17) is 10.00 Å². The van der Waals surface area contributed by atoms with Crippen molar-refractivity contribution in [2.24, 2.45) is 0 Å². The lowest BCUT2D eigenvalue weighted by molar-refractivity contribution is 0.0903. The van der Waals surface area contributed by atoms with Crippen LogP contribution in [-0.4, -0.2) is 45.5 Å². The number of anilines is 1. The lowest BCUT2D eigenvalue weighted by atomic mass is 10.0. The van der Waals surface area contributed by atoms with Gasteiger partial charge in [0, 0.05) is 43.3 Å². The highest BCUT2D eigenvalue weighted by molar-refractivity contribution is 5.59. The van der Waals surface area contributed by atoms with Gasteiger partial charge in [-0.25, -0.2) is 9.97 Å². The Morgan fingerprint density at radius 1 is 1.25 bits per heavy atom. The first-order chi connectivity index (χ1) is 15.7. The maximum absolute atomic E-state index is 12.9. The Bertz CT molecular complexity index is 1160. The van der Waals surface area contributed by atoms with E-state index in [1.165, 1.54) is 10.6 Å². The van der Waals surface area contributed by atoms with Gasteiger partial charge >= 0.3 is 0 Å². The van der Waals surface area contributed by atoms with Gasteiger partial charge in [0.25, 0.3) is 5.56 Å². The third kappa shape index (κ3) is 5.02. The van der Waals surface area contributed by atoms with Crippen molar-refractivity contribution in [2.45, 2.75) is 31.3 Å². The molecule has 3 aromatic rings. The molecule has 1 aliphatic rings. The number of benzene rings is 1. The van der Waals surface area contributed by atoms with Crippen LogP contribution in [0, 0.1) is 11.3 Å². The molecule has 8 heteroatoms. The van der Waals surface area contributed by atoms with Crippen molar-refractivity contribution in [1.29, 1.82) is 5.26 Å². The van der Waals surface area contributed by atoms with Crippen molar-refractivity contribution in [3.8, 4) is 17.3 Å². The van der Waals surface area contributed by atoms with E-state index in [-0.39, 0.29) is 24.6 Å². The van der Waals surface area contributed by atoms with Gasteiger partial charge in [-0.15, -0.1) is 0 Å². The monoisotopic (exact) mass is 431 g/mol. The minimum atomic E-state index is -0.536. The molecule has 1 aromatic carbocycles. The minimum Gasteiger partial charge on any atom is -0.394 e. The Labute approximate surface area is 186 Å². The fourth-order valence-electron chi connectivity index (χ4n) is 3.88. The summed E-state index contributed by atoms with van der Waals surface area (Å²) >= 11 is 0. The average molecular weight is 431 g/mol. The molecule has 3 heterocycles. The number of rotatable bonds is 7. The molecular weight excluding hydrogens is 406 g/mol. The number of pyridine rings is 1. The molecule has 1 atom stereocenters. The zero-order valence-electron chi connectivity index (χ0n) is 17.6. The molecule has 0 amide bonds. The van der Waals surface area contributed by atoms with E-state index >= 15 is 0 Å². The van der Waals surface area contributed by atoms with Crippen molar-refractivity contribution in [3.63, 3.8) is 0 Å². The fourth-order valence-corrected chi connectivity index (χ4v) is 3.88. The van der Waals surface area contributed by atoms with Crippen LogP contribution in [0.1, 0.15) is 30.0 Å². The second kappa shape index (κ2) is 10.2. The first-order valence-electron chi connectivity index (χ1n) is 10.6. The quantitative estimate of drug-likeness (QED) is 0.591. The Morgan fingerprint density at radius 2 is 2.09 bits per heavy atom. The summed E-state index contributed by atoms with van der Waals surface area (Å²) in [5, 5.41) is 22.3. The molecule has 0 radical (unpaired) electrons. The van der Waals surface area contributed by atoms with Crippen molar-refractivity contribution >= 4 is 5.95 Å². The molecule has 164 valence electrons. The van der Waals surface area contributed by atoms with E-state index in [2.05, 4.69) is 21.4 Å². The van der Waals surface area contributed by atoms with Crippen LogP contribution in [0.5, 0.6) is 0 Å². The van der Waals surface area contributed by atoms with Crippen LogP contribution in [-0.2, 0) is 11.2 Å². The number of hydrogen-bond acceptors (Lipinski definition) is 7. The molecule has 0 aliphatic carbocycles. The van der Waals surface area contributed by atoms with E-state index in [1.807, 2.05) is 30.3 Å². The van der Waals surface area contributed by atoms with E-state index in [0.29, 0.717) is 17.2 Å². The van der Waals surface area contributed by atoms with Gasteiger partial charge in [-0.05, 0) is 36.1 Å². The molecule has 4 rings (SSSR count). The topological polar surface area (TPSA) is 113 Å². The van der Waals surface area contributed by atoms with E-state index < -0.39 is 6.04 Å². The molecule has 0 bridgehead atoms. The largest absolute Gasteiger partial charge is 0.394 e. The predicted molar refractivity (Wildman–Crippen MR) is 120 cm³/mol. The number of ether oxygens (including phenoxy) is 1. The highest BCUT2D eigenvalue weighted by Gasteiger charge is 2.17. The standard InChI is InChI=1S/C24H25N5O3/c25-9-4-17-2-1-3-19(14-17)22(16-30)29-11-6-18(15-23(29)31)21-5-10-26-24(28-21)27-20-7-12-32-13-8-20/h1-3,5-6,10-11,14-15,20,22,30H,4,7-8,12-13,16H2,(H,26,27,28). The van der Waals surface area contributed by atoms with Gasteiger partial charge in [-0.3, -0.25) is 4.79 Å². The first kappa shape index (κ1) is 21.7. The highest BCUT2D eigenvalue weighted by Crippen LogP contribution is 2.21. The summed E-state index contributed by atoms with van der Waals surface area (Å²) in [6, 6.07) is 14.3. The van der Waals surface area contributed by atoms with Gasteiger partial charge in [0.05, 0.1) is 30.8 Å². The third-order valence-corrected chi connectivity index (χ3v) is 5.58. The molecule has 2 aromatic heterocycles. The first-order valence-corrected chi connectivity index (χ1v) is 10.6. The van der Waals surface area contributed by atoms with Crippen molar-refractivity contribution in [3.05, 3.63) is 76.3 Å². The van der Waals surface area contributed by atoms with Crippen LogP contribution in [0.3, 0.4) is 0 Å². The van der Waals surface area contributed by atoms with E-state index in [9.17, 15) is 9.90 Å². The van der Waals surface area contributed by atoms with Gasteiger partial charge in [0.15, 0.2) is 0 Å². The van der Waals surface area contributed by atoms with Crippen LogP contribution in [0.2, 0.25) is 0 Å². The van der Waals surface area contributed by atoms with Gasteiger partial charge < -0.3 is 19.7 Å². The Kier molecular flexibility index (Phi) is 6.90. The fraction of sp³-hybridized carbons (Fsp3) is 0.333. The Balaban J connectivity index is 1.58. The lowest BCUT2D eigenvalue weighted by Gasteiger charge is -2.23. The number of aromatic nitrogens is 3. The molecule has 1 fully saturated rings. The van der Waals surface area contributed by atoms with E-state index in [1.54, 1.807) is 18.5 Å². The smallest absolute Gasteiger partial charge is 0.251 e. The molecule has 1 unspecified atom stereocenters. The van der Waals surface area contributed by atoms with Crippen molar-refractivity contribution in [2.75, 3.05) is 25.1 Å². The molecule has 0 spiro atoms. The van der Waals surface area contributed by atoms with Crippen molar-refractivity contribution in [1.82, 2.24) is 14.5 Å². The second-order valence-corrected chi connectivity index (χ2v) is 7.74. The summed E-state index contributed by atoms with van der Waals surface area (Å²) in [5.41, 5.74) is 2.71. The molecule has 1 aliphatic heterocycles. The Morgan fingerprint density at radius 3 is 2.84 bits per heavy atom. The summed E-state index contributed by atoms with van der Waals surface area (Å²) in [7, 11) is 0. The van der Waals surface area contributed by atoms with Crippen LogP contribution in [0.15, 0.2) is 59.7 Å². The zero-order valence-corrected chi connectivity index (χ0v) is 17.6. The summed E-state index contributed by atoms with van der Waals surface area (Å²) in [6.07, 6.45) is 5.43. The van der Waals surface area contributed by atoms with Crippen LogP contribution in [0.25, 0.3) is 11.3 Å². The predicted octanol–water partition coefficient (Wildman–Crippen LogP) is 2.54. The number of aliphatic hydroxyl groups excluding tert-OH is 1. The third-order valence-electron chi connectivity index (χ3n) is 5.58. The second-order valence-electron chi connectivity index (χ2n) is 7.74. The molecule has 2 N–H and O–H groups in total. The molecule has 0 saturated carbocycles. The summed E-state index contributed by atoms with van der Waals surface area (Å²) in [5.74, 6) is 0.529. The van der Waals surface area contributed by atoms with Gasteiger partial charge in [0.2, 0.25) is 5.95 Å². The van der Waals surface area contributed by atoms with E-state index in [0.717, 1.165) is 37.2 Å². The van der Waals surface area contributed by atoms with Crippen molar-refractivity contribution < 1.29 is 9.84 Å². The normalized spacial score (nSPS) is 15.1. The number of nitrogens with zero attached hydrogens (tertiary/aromatic N) is 4. The maximum atomic E-state index is 12.9. The minimum absolute atomic E-state index is 0.234. The van der Waals surface area contributed by atoms with Crippen LogP contribution < -0.4 is 10.9 Å². The number of nitrogens with one attached hydrogen (secondary N) is 1. The molecule has 32 heavy (non-hydrogen) atoms. The summed E-state index contributed by atoms with van der Waals surface area (Å²) in [6.45, 7) is 1.21. The van der Waals surface area contributed by atoms with Gasteiger partial charge in [0.1, 0.15) is 0 Å². The number of hydrogen-bond donors (Lipinski definition) is 2. The highest BCUT2D eigenvalue weighted by atomic mass is 16.5. The van der Waals surface area contributed by atoms with Crippen LogP contribution >= 0.6 is 0 Å². The van der Waals surface area contributed by atoms with Gasteiger partial charge in [-0.1, -0.05) is 24.3 Å². The molecule has 1 saturated heterocycles. The zero-order chi connectivity index (χ0) is 22.3. The average Bonchev–Trinajstić information content (AvgIpc) is 2.82. The maximum Gasteiger partial charge on any atom is 0.251 e.